The summed E-state index contributed by atoms with van der Waals surface area (Å²) in [5.74, 6) is 1.65. The summed E-state index contributed by atoms with van der Waals surface area (Å²) in [6, 6.07) is 0. The molecule has 0 bridgehead atoms. The van der Waals surface area contributed by atoms with Gasteiger partial charge in [-0.15, -0.1) is 0 Å². The van der Waals surface area contributed by atoms with Crippen LogP contribution in [0.2, 0.25) is 0 Å². The lowest BCUT2D eigenvalue weighted by atomic mass is 9.75. The van der Waals surface area contributed by atoms with Gasteiger partial charge in [0.05, 0.1) is 11.8 Å². The highest BCUT2D eigenvalue weighted by molar-refractivity contribution is 6.05. The third-order valence-electron chi connectivity index (χ3n) is 7.35. The van der Waals surface area contributed by atoms with Crippen molar-refractivity contribution in [3.05, 3.63) is 0 Å². The van der Waals surface area contributed by atoms with Crippen LogP contribution in [0, 0.1) is 23.7 Å². The lowest BCUT2D eigenvalue weighted by molar-refractivity contribution is -0.141. The van der Waals surface area contributed by atoms with E-state index in [1.165, 1.54) is 30.6 Å². The summed E-state index contributed by atoms with van der Waals surface area (Å²) in [5.41, 5.74) is 0. The molecule has 4 fully saturated rings. The van der Waals surface area contributed by atoms with Gasteiger partial charge in [0.15, 0.2) is 0 Å². The van der Waals surface area contributed by atoms with E-state index in [0.29, 0.717) is 25.3 Å². The number of likely N-dealkylation sites (tertiary alicyclic amines) is 2. The summed E-state index contributed by atoms with van der Waals surface area (Å²) in [6.45, 7) is 2.25. The number of carbonyl (C=O) groups excluding carboxylic acids is 3. The summed E-state index contributed by atoms with van der Waals surface area (Å²) in [5, 5.41) is 0. The van der Waals surface area contributed by atoms with Crippen molar-refractivity contribution in [2.45, 2.75) is 70.6 Å². The minimum atomic E-state index is -0.0720. The van der Waals surface area contributed by atoms with Gasteiger partial charge in [0, 0.05) is 26.1 Å². The number of amides is 3. The maximum absolute atomic E-state index is 12.6. The fourth-order valence-electron chi connectivity index (χ4n) is 5.83. The lowest BCUT2D eigenvalue weighted by Gasteiger charge is -2.41. The Hall–Kier alpha value is -1.39. The van der Waals surface area contributed by atoms with Crippen molar-refractivity contribution in [3.63, 3.8) is 0 Å². The maximum Gasteiger partial charge on any atom is 0.233 e. The van der Waals surface area contributed by atoms with Crippen LogP contribution in [0.25, 0.3) is 0 Å². The largest absolute Gasteiger partial charge is 0.342 e. The molecular formula is C21H32N2O3. The van der Waals surface area contributed by atoms with Crippen molar-refractivity contribution in [2.75, 3.05) is 19.6 Å². The van der Waals surface area contributed by atoms with Crippen molar-refractivity contribution in [2.24, 2.45) is 23.7 Å². The molecule has 5 heteroatoms. The van der Waals surface area contributed by atoms with Crippen LogP contribution in [0.4, 0.5) is 0 Å². The molecule has 2 aliphatic heterocycles. The molecule has 26 heavy (non-hydrogen) atoms. The van der Waals surface area contributed by atoms with Crippen molar-refractivity contribution < 1.29 is 14.4 Å². The van der Waals surface area contributed by atoms with E-state index < -0.39 is 0 Å². The first-order valence-electron chi connectivity index (χ1n) is 10.8. The van der Waals surface area contributed by atoms with Gasteiger partial charge in [-0.2, -0.15) is 0 Å². The average Bonchev–Trinajstić information content (AvgIpc) is 2.92. The van der Waals surface area contributed by atoms with Crippen LogP contribution in [0.15, 0.2) is 0 Å². The predicted molar refractivity (Wildman–Crippen MR) is 98.0 cm³/mol. The van der Waals surface area contributed by atoms with E-state index in [1.807, 2.05) is 4.90 Å². The molecule has 2 heterocycles. The van der Waals surface area contributed by atoms with Gasteiger partial charge in [0.2, 0.25) is 17.7 Å². The Bertz CT molecular complexity index is 552. The number of hydrogen-bond donors (Lipinski definition) is 0. The van der Waals surface area contributed by atoms with Crippen LogP contribution in [0.5, 0.6) is 0 Å². The Labute approximate surface area is 156 Å². The molecule has 0 aromatic heterocycles. The Morgan fingerprint density at radius 1 is 0.846 bits per heavy atom. The molecule has 2 saturated carbocycles. The molecule has 3 amide bonds. The zero-order valence-electron chi connectivity index (χ0n) is 15.8. The number of carbonyl (C=O) groups is 3. The molecule has 2 aliphatic carbocycles. The van der Waals surface area contributed by atoms with Crippen LogP contribution in [-0.4, -0.2) is 47.2 Å². The molecule has 144 valence electrons. The summed E-state index contributed by atoms with van der Waals surface area (Å²) < 4.78 is 0. The number of fused-ring (bicyclic) bond motifs is 2. The zero-order chi connectivity index (χ0) is 18.1. The second-order valence-electron chi connectivity index (χ2n) is 8.86. The van der Waals surface area contributed by atoms with Gasteiger partial charge in [-0.25, -0.2) is 0 Å². The average molecular weight is 360 g/mol. The lowest BCUT2D eigenvalue weighted by Crippen LogP contribution is -2.45. The van der Waals surface area contributed by atoms with E-state index in [-0.39, 0.29) is 29.6 Å². The van der Waals surface area contributed by atoms with Gasteiger partial charge in [-0.1, -0.05) is 32.1 Å². The fraction of sp³-hybridized carbons (Fsp3) is 0.857. The molecule has 0 aromatic rings. The fourth-order valence-corrected chi connectivity index (χ4v) is 5.83. The monoisotopic (exact) mass is 360 g/mol. The van der Waals surface area contributed by atoms with Gasteiger partial charge in [-0.05, 0) is 43.9 Å². The van der Waals surface area contributed by atoms with E-state index in [2.05, 4.69) is 0 Å². The van der Waals surface area contributed by atoms with Gasteiger partial charge in [0.1, 0.15) is 0 Å². The number of rotatable bonds is 4. The highest BCUT2D eigenvalue weighted by Crippen LogP contribution is 2.38. The second kappa shape index (κ2) is 7.69. The number of hydrogen-bond acceptors (Lipinski definition) is 3. The van der Waals surface area contributed by atoms with Crippen LogP contribution in [0.3, 0.4) is 0 Å². The van der Waals surface area contributed by atoms with Crippen molar-refractivity contribution in [3.8, 4) is 0 Å². The highest BCUT2D eigenvalue weighted by Gasteiger charge is 2.47. The molecule has 0 aromatic carbocycles. The molecule has 0 spiro atoms. The molecule has 5 nitrogen and oxygen atoms in total. The SMILES string of the molecule is O=C(CCCN1C(=O)[C@H]2CCCC[C@H]2C1=O)N1CCC2CCCCC2C1. The Kier molecular flexibility index (Phi) is 5.32. The van der Waals surface area contributed by atoms with E-state index in [1.54, 1.807) is 0 Å². The van der Waals surface area contributed by atoms with Crippen LogP contribution < -0.4 is 0 Å². The first kappa shape index (κ1) is 18.0. The third-order valence-corrected chi connectivity index (χ3v) is 7.35. The first-order valence-corrected chi connectivity index (χ1v) is 10.8. The quantitative estimate of drug-likeness (QED) is 0.724. The molecule has 4 aliphatic rings. The molecule has 2 saturated heterocycles. The Balaban J connectivity index is 1.25. The van der Waals surface area contributed by atoms with Crippen molar-refractivity contribution >= 4 is 17.7 Å². The molecule has 4 rings (SSSR count). The Morgan fingerprint density at radius 3 is 2.15 bits per heavy atom. The predicted octanol–water partition coefficient (Wildman–Crippen LogP) is 2.98. The Morgan fingerprint density at radius 2 is 1.46 bits per heavy atom. The number of piperidine rings is 1. The van der Waals surface area contributed by atoms with Crippen LogP contribution in [0.1, 0.15) is 70.6 Å². The first-order chi connectivity index (χ1) is 12.6. The minimum absolute atomic E-state index is 0.0233. The maximum atomic E-state index is 12.6. The summed E-state index contributed by atoms with van der Waals surface area (Å²) >= 11 is 0. The third kappa shape index (κ3) is 3.41. The second-order valence-corrected chi connectivity index (χ2v) is 8.86. The van der Waals surface area contributed by atoms with E-state index >= 15 is 0 Å². The minimum Gasteiger partial charge on any atom is -0.342 e. The summed E-state index contributed by atoms with van der Waals surface area (Å²) in [4.78, 5) is 41.1. The molecule has 2 unspecified atom stereocenters. The smallest absolute Gasteiger partial charge is 0.233 e. The van der Waals surface area contributed by atoms with Gasteiger partial charge in [-0.3, -0.25) is 19.3 Å². The summed E-state index contributed by atoms with van der Waals surface area (Å²) in [7, 11) is 0. The topological polar surface area (TPSA) is 57.7 Å². The van der Waals surface area contributed by atoms with Crippen molar-refractivity contribution in [1.82, 2.24) is 9.80 Å². The molecular weight excluding hydrogens is 328 g/mol. The van der Waals surface area contributed by atoms with Gasteiger partial charge >= 0.3 is 0 Å². The number of nitrogens with zero attached hydrogens (tertiary/aromatic N) is 2. The standard InChI is InChI=1S/C21H32N2O3/c24-19(22-13-11-15-6-1-2-7-16(15)14-22)10-5-12-23-20(25)17-8-3-4-9-18(17)21(23)26/h15-18H,1-14H2/t15?,16?,17-,18+. The molecule has 0 N–H and O–H groups in total. The van der Waals surface area contributed by atoms with E-state index in [0.717, 1.165) is 51.1 Å². The molecule has 4 atom stereocenters. The van der Waals surface area contributed by atoms with Crippen LogP contribution >= 0.6 is 0 Å². The summed E-state index contributed by atoms with van der Waals surface area (Å²) in [6.07, 6.45) is 11.4. The van der Waals surface area contributed by atoms with E-state index in [4.69, 9.17) is 0 Å². The normalized spacial score (nSPS) is 34.6. The van der Waals surface area contributed by atoms with Gasteiger partial charge in [0.25, 0.3) is 0 Å². The van der Waals surface area contributed by atoms with Crippen molar-refractivity contribution in [1.29, 1.82) is 0 Å². The number of imide groups is 1. The van der Waals surface area contributed by atoms with Gasteiger partial charge < -0.3 is 4.90 Å². The van der Waals surface area contributed by atoms with E-state index in [9.17, 15) is 14.4 Å². The van der Waals surface area contributed by atoms with Crippen LogP contribution in [-0.2, 0) is 14.4 Å². The zero-order valence-corrected chi connectivity index (χ0v) is 15.8. The highest BCUT2D eigenvalue weighted by atomic mass is 16.2. The molecule has 0 radical (unpaired) electrons.